The highest BCUT2D eigenvalue weighted by Gasteiger charge is 2.27. The summed E-state index contributed by atoms with van der Waals surface area (Å²) in [6.07, 6.45) is 0.387. The predicted molar refractivity (Wildman–Crippen MR) is 41.1 cm³/mol. The van der Waals surface area contributed by atoms with E-state index in [0.29, 0.717) is 12.0 Å². The van der Waals surface area contributed by atoms with Crippen molar-refractivity contribution < 1.29 is 17.4 Å². The Hall–Kier alpha value is -1.04. The lowest BCUT2D eigenvalue weighted by molar-refractivity contribution is -0.116. The first-order valence-corrected chi connectivity index (χ1v) is 4.83. The zero-order valence-corrected chi connectivity index (χ0v) is 7.56. The number of amides is 1. The van der Waals surface area contributed by atoms with Crippen LogP contribution in [0.4, 0.5) is 0 Å². The van der Waals surface area contributed by atoms with Crippen LogP contribution in [0.2, 0.25) is 0 Å². The monoisotopic (exact) mass is 191 g/mol. The third-order valence-electron chi connectivity index (χ3n) is 1.51. The topological polar surface area (TPSA) is 72.5 Å². The van der Waals surface area contributed by atoms with Crippen LogP contribution in [0.1, 0.15) is 20.3 Å². The van der Waals surface area contributed by atoms with Gasteiger partial charge in [-0.25, -0.2) is 4.72 Å². The average molecular weight is 191 g/mol. The molecule has 0 saturated heterocycles. The molecule has 68 valence electrons. The van der Waals surface area contributed by atoms with Crippen LogP contribution in [0.3, 0.4) is 0 Å². The molecule has 0 aromatic rings. The van der Waals surface area contributed by atoms with Gasteiger partial charge < -0.3 is 4.18 Å². The zero-order chi connectivity index (χ0) is 9.35. The SMILES string of the molecule is CCC1=C(C)C(=O)NS(=O)(=O)O1. The van der Waals surface area contributed by atoms with Crippen LogP contribution in [0.15, 0.2) is 11.3 Å². The van der Waals surface area contributed by atoms with E-state index in [1.54, 1.807) is 11.6 Å². The van der Waals surface area contributed by atoms with Gasteiger partial charge in [0.1, 0.15) is 5.76 Å². The molecule has 1 aliphatic rings. The molecule has 1 N–H and O–H groups in total. The molecule has 0 unspecified atom stereocenters. The highest BCUT2D eigenvalue weighted by atomic mass is 32.2. The van der Waals surface area contributed by atoms with E-state index in [1.165, 1.54) is 6.92 Å². The van der Waals surface area contributed by atoms with Crippen LogP contribution in [0, 0.1) is 0 Å². The average Bonchev–Trinajstić information content (AvgIpc) is 1.96. The van der Waals surface area contributed by atoms with E-state index < -0.39 is 16.2 Å². The molecule has 1 amide bonds. The van der Waals surface area contributed by atoms with Gasteiger partial charge in [-0.3, -0.25) is 4.79 Å². The third kappa shape index (κ3) is 1.58. The molecular formula is C6H9NO4S. The Kier molecular flexibility index (Phi) is 2.10. The van der Waals surface area contributed by atoms with Gasteiger partial charge in [-0.05, 0) is 6.92 Å². The molecular weight excluding hydrogens is 182 g/mol. The maximum absolute atomic E-state index is 11.0. The molecule has 0 aromatic heterocycles. The molecule has 0 aromatic carbocycles. The van der Waals surface area contributed by atoms with E-state index >= 15 is 0 Å². The van der Waals surface area contributed by atoms with Gasteiger partial charge in [-0.1, -0.05) is 6.92 Å². The Labute approximate surface area is 70.7 Å². The first-order chi connectivity index (χ1) is 5.46. The van der Waals surface area contributed by atoms with Crippen LogP contribution in [0.25, 0.3) is 0 Å². The Bertz CT molecular complexity index is 341. The number of hydrogen-bond acceptors (Lipinski definition) is 4. The first-order valence-electron chi connectivity index (χ1n) is 3.42. The van der Waals surface area contributed by atoms with E-state index in [0.717, 1.165) is 0 Å². The summed E-state index contributed by atoms with van der Waals surface area (Å²) in [5.74, 6) is -0.406. The van der Waals surface area contributed by atoms with Gasteiger partial charge >= 0.3 is 10.3 Å². The third-order valence-corrected chi connectivity index (χ3v) is 2.36. The van der Waals surface area contributed by atoms with Gasteiger partial charge in [0.15, 0.2) is 0 Å². The van der Waals surface area contributed by atoms with Gasteiger partial charge in [0, 0.05) is 6.42 Å². The second-order valence-electron chi connectivity index (χ2n) is 2.37. The molecule has 0 bridgehead atoms. The van der Waals surface area contributed by atoms with E-state index in [9.17, 15) is 13.2 Å². The fourth-order valence-corrected chi connectivity index (χ4v) is 1.79. The second-order valence-corrected chi connectivity index (χ2v) is 3.65. The van der Waals surface area contributed by atoms with Crippen molar-refractivity contribution >= 4 is 16.2 Å². The minimum absolute atomic E-state index is 0.207. The molecule has 0 aliphatic carbocycles. The number of rotatable bonds is 1. The van der Waals surface area contributed by atoms with E-state index in [2.05, 4.69) is 4.18 Å². The number of allylic oxidation sites excluding steroid dienone is 1. The van der Waals surface area contributed by atoms with Crippen molar-refractivity contribution in [2.24, 2.45) is 0 Å². The van der Waals surface area contributed by atoms with E-state index in [1.807, 2.05) is 0 Å². The molecule has 0 spiro atoms. The van der Waals surface area contributed by atoms with Crippen molar-refractivity contribution in [1.29, 1.82) is 0 Å². The van der Waals surface area contributed by atoms with Crippen molar-refractivity contribution in [3.8, 4) is 0 Å². The maximum Gasteiger partial charge on any atom is 0.409 e. The molecule has 1 aliphatic heterocycles. The number of hydrogen-bond donors (Lipinski definition) is 1. The lowest BCUT2D eigenvalue weighted by atomic mass is 10.2. The summed E-state index contributed by atoms with van der Waals surface area (Å²) < 4.78 is 27.8. The highest BCUT2D eigenvalue weighted by molar-refractivity contribution is 7.85. The van der Waals surface area contributed by atoms with Crippen molar-refractivity contribution in [2.45, 2.75) is 20.3 Å². The Morgan fingerprint density at radius 2 is 2.08 bits per heavy atom. The van der Waals surface area contributed by atoms with Crippen LogP contribution >= 0.6 is 0 Å². The summed E-state index contributed by atoms with van der Waals surface area (Å²) in [4.78, 5) is 11.0. The van der Waals surface area contributed by atoms with Crippen LogP contribution < -0.4 is 4.72 Å². The smallest absolute Gasteiger partial charge is 0.371 e. The fraction of sp³-hybridized carbons (Fsp3) is 0.500. The lowest BCUT2D eigenvalue weighted by Gasteiger charge is -2.17. The van der Waals surface area contributed by atoms with Crippen molar-refractivity contribution in [2.75, 3.05) is 0 Å². The summed E-state index contributed by atoms with van der Waals surface area (Å²) in [7, 11) is -3.88. The van der Waals surface area contributed by atoms with Crippen LogP contribution in [0.5, 0.6) is 0 Å². The van der Waals surface area contributed by atoms with E-state index in [4.69, 9.17) is 0 Å². The van der Waals surface area contributed by atoms with Gasteiger partial charge in [-0.15, -0.1) is 0 Å². The molecule has 0 fully saturated rings. The molecule has 1 rings (SSSR count). The van der Waals surface area contributed by atoms with E-state index in [-0.39, 0.29) is 5.76 Å². The number of carbonyl (C=O) groups is 1. The molecule has 0 saturated carbocycles. The Morgan fingerprint density at radius 3 is 2.58 bits per heavy atom. The van der Waals surface area contributed by atoms with Crippen LogP contribution in [-0.4, -0.2) is 14.3 Å². The summed E-state index contributed by atoms with van der Waals surface area (Å²) >= 11 is 0. The lowest BCUT2D eigenvalue weighted by Crippen LogP contribution is -2.37. The summed E-state index contributed by atoms with van der Waals surface area (Å²) in [5, 5.41) is 0. The maximum atomic E-state index is 11.0. The van der Waals surface area contributed by atoms with Gasteiger partial charge in [0.05, 0.1) is 5.57 Å². The highest BCUT2D eigenvalue weighted by Crippen LogP contribution is 2.17. The number of carbonyl (C=O) groups excluding carboxylic acids is 1. The molecule has 0 radical (unpaired) electrons. The van der Waals surface area contributed by atoms with Crippen molar-refractivity contribution in [1.82, 2.24) is 4.72 Å². The Balaban J connectivity index is 3.12. The molecule has 12 heavy (non-hydrogen) atoms. The molecule has 5 nitrogen and oxygen atoms in total. The quantitative estimate of drug-likeness (QED) is 0.636. The van der Waals surface area contributed by atoms with Crippen molar-refractivity contribution in [3.05, 3.63) is 11.3 Å². The molecule has 6 heteroatoms. The second kappa shape index (κ2) is 2.78. The minimum atomic E-state index is -3.88. The first kappa shape index (κ1) is 9.05. The van der Waals surface area contributed by atoms with Crippen molar-refractivity contribution in [3.63, 3.8) is 0 Å². The zero-order valence-electron chi connectivity index (χ0n) is 6.75. The fourth-order valence-electron chi connectivity index (χ4n) is 0.857. The molecule has 0 atom stereocenters. The summed E-state index contributed by atoms with van der Waals surface area (Å²) in [6.45, 7) is 3.23. The normalized spacial score (nSPS) is 21.7. The number of nitrogens with one attached hydrogen (secondary N) is 1. The summed E-state index contributed by atoms with van der Waals surface area (Å²) in [6, 6.07) is 0. The molecule has 1 heterocycles. The largest absolute Gasteiger partial charge is 0.409 e. The van der Waals surface area contributed by atoms with Gasteiger partial charge in [-0.2, -0.15) is 8.42 Å². The minimum Gasteiger partial charge on any atom is -0.371 e. The Morgan fingerprint density at radius 1 is 1.50 bits per heavy atom. The van der Waals surface area contributed by atoms with Gasteiger partial charge in [0.2, 0.25) is 0 Å². The summed E-state index contributed by atoms with van der Waals surface area (Å²) in [5.41, 5.74) is 0.312. The predicted octanol–water partition coefficient (Wildman–Crippen LogP) is 0.0616. The standard InChI is InChI=1S/C6H9NO4S/c1-3-5-4(2)6(8)7-12(9,10)11-5/h3H2,1-2H3,(H,7,8). The van der Waals surface area contributed by atoms with Crippen LogP contribution in [-0.2, 0) is 19.3 Å². The van der Waals surface area contributed by atoms with Gasteiger partial charge in [0.25, 0.3) is 5.91 Å².